The maximum Gasteiger partial charge on any atom is 0.251 e. The Morgan fingerprint density at radius 1 is 1.45 bits per heavy atom. The highest BCUT2D eigenvalue weighted by molar-refractivity contribution is 5.94. The van der Waals surface area contributed by atoms with E-state index in [-0.39, 0.29) is 5.91 Å². The number of amides is 1. The summed E-state index contributed by atoms with van der Waals surface area (Å²) in [6.45, 7) is 2.52. The fraction of sp³-hybridized carbons (Fsp3) is 0.562. The summed E-state index contributed by atoms with van der Waals surface area (Å²) in [7, 11) is 1.57. The highest BCUT2D eigenvalue weighted by atomic mass is 16.5. The van der Waals surface area contributed by atoms with Gasteiger partial charge >= 0.3 is 0 Å². The molecule has 0 saturated heterocycles. The second-order valence-corrected chi connectivity index (χ2v) is 5.82. The molecule has 0 unspecified atom stereocenters. The molecule has 1 amide bonds. The first-order valence-electron chi connectivity index (χ1n) is 7.17. The van der Waals surface area contributed by atoms with Crippen LogP contribution < -0.4 is 10.1 Å². The number of aliphatic hydroxyl groups is 1. The Morgan fingerprint density at radius 2 is 2.15 bits per heavy atom. The van der Waals surface area contributed by atoms with Crippen LogP contribution in [0, 0.1) is 5.92 Å². The second-order valence-electron chi connectivity index (χ2n) is 5.82. The second kappa shape index (κ2) is 6.27. The molecule has 1 fully saturated rings. The van der Waals surface area contributed by atoms with Crippen LogP contribution in [0.2, 0.25) is 0 Å². The third-order valence-corrected chi connectivity index (χ3v) is 4.11. The Kier molecular flexibility index (Phi) is 4.65. The maximum atomic E-state index is 12.1. The fourth-order valence-electron chi connectivity index (χ4n) is 2.59. The van der Waals surface area contributed by atoms with E-state index in [0.29, 0.717) is 23.8 Å². The summed E-state index contributed by atoms with van der Waals surface area (Å²) in [5.74, 6) is 1.16. The van der Waals surface area contributed by atoms with Crippen LogP contribution in [-0.2, 0) is 0 Å². The van der Waals surface area contributed by atoms with Gasteiger partial charge in [0.2, 0.25) is 0 Å². The third-order valence-electron chi connectivity index (χ3n) is 4.11. The van der Waals surface area contributed by atoms with E-state index in [1.165, 1.54) is 0 Å². The standard InChI is InChI=1S/C16H23NO3/c1-12-6-8-16(19,9-7-12)11-17-15(18)13-4-3-5-14(10-13)20-2/h3-5,10,12,19H,6-9,11H2,1-2H3,(H,17,18). The lowest BCUT2D eigenvalue weighted by Gasteiger charge is -2.34. The van der Waals surface area contributed by atoms with Crippen LogP contribution in [-0.4, -0.2) is 30.3 Å². The van der Waals surface area contributed by atoms with Gasteiger partial charge in [0.1, 0.15) is 5.75 Å². The first kappa shape index (κ1) is 14.9. The molecule has 20 heavy (non-hydrogen) atoms. The van der Waals surface area contributed by atoms with Crippen molar-refractivity contribution in [3.8, 4) is 5.75 Å². The number of carbonyl (C=O) groups is 1. The molecule has 0 radical (unpaired) electrons. The minimum atomic E-state index is -0.749. The van der Waals surface area contributed by atoms with E-state index in [4.69, 9.17) is 4.74 Å². The zero-order valence-corrected chi connectivity index (χ0v) is 12.2. The van der Waals surface area contributed by atoms with Crippen molar-refractivity contribution < 1.29 is 14.6 Å². The first-order valence-corrected chi connectivity index (χ1v) is 7.17. The van der Waals surface area contributed by atoms with Crippen LogP contribution in [0.5, 0.6) is 5.75 Å². The summed E-state index contributed by atoms with van der Waals surface area (Å²) in [6.07, 6.45) is 3.55. The van der Waals surface area contributed by atoms with Crippen LogP contribution >= 0.6 is 0 Å². The first-order chi connectivity index (χ1) is 9.52. The molecule has 0 bridgehead atoms. The topological polar surface area (TPSA) is 58.6 Å². The number of hydrogen-bond acceptors (Lipinski definition) is 3. The summed E-state index contributed by atoms with van der Waals surface area (Å²) in [6, 6.07) is 7.02. The van der Waals surface area contributed by atoms with Crippen molar-refractivity contribution in [3.63, 3.8) is 0 Å². The predicted octanol–water partition coefficient (Wildman–Crippen LogP) is 2.37. The monoisotopic (exact) mass is 277 g/mol. The molecule has 0 atom stereocenters. The number of hydrogen-bond donors (Lipinski definition) is 2. The molecule has 4 heteroatoms. The Bertz CT molecular complexity index is 465. The smallest absolute Gasteiger partial charge is 0.251 e. The number of benzene rings is 1. The third kappa shape index (κ3) is 3.73. The van der Waals surface area contributed by atoms with Crippen LogP contribution in [0.1, 0.15) is 43.0 Å². The van der Waals surface area contributed by atoms with Crippen LogP contribution in [0.4, 0.5) is 0 Å². The van der Waals surface area contributed by atoms with E-state index in [0.717, 1.165) is 25.7 Å². The number of nitrogens with one attached hydrogen (secondary N) is 1. The maximum absolute atomic E-state index is 12.1. The minimum Gasteiger partial charge on any atom is -0.497 e. The number of ether oxygens (including phenoxy) is 1. The highest BCUT2D eigenvalue weighted by Crippen LogP contribution is 2.31. The molecular weight excluding hydrogens is 254 g/mol. The Hall–Kier alpha value is -1.55. The largest absolute Gasteiger partial charge is 0.497 e. The lowest BCUT2D eigenvalue weighted by Crippen LogP contribution is -2.45. The van der Waals surface area contributed by atoms with Crippen molar-refractivity contribution in [3.05, 3.63) is 29.8 Å². The Morgan fingerprint density at radius 3 is 2.80 bits per heavy atom. The van der Waals surface area contributed by atoms with E-state index < -0.39 is 5.60 Å². The summed E-state index contributed by atoms with van der Waals surface area (Å²) in [5, 5.41) is 13.3. The van der Waals surface area contributed by atoms with Gasteiger partial charge in [-0.05, 0) is 49.8 Å². The number of methoxy groups -OCH3 is 1. The van der Waals surface area contributed by atoms with Gasteiger partial charge in [-0.3, -0.25) is 4.79 Å². The molecule has 0 heterocycles. The van der Waals surface area contributed by atoms with Crippen molar-refractivity contribution >= 4 is 5.91 Å². The lowest BCUT2D eigenvalue weighted by molar-refractivity contribution is -0.00540. The highest BCUT2D eigenvalue weighted by Gasteiger charge is 2.32. The molecular formula is C16H23NO3. The summed E-state index contributed by atoms with van der Waals surface area (Å²) in [4.78, 5) is 12.1. The lowest BCUT2D eigenvalue weighted by atomic mass is 9.79. The molecule has 1 saturated carbocycles. The van der Waals surface area contributed by atoms with Crippen LogP contribution in [0.3, 0.4) is 0 Å². The van der Waals surface area contributed by atoms with Gasteiger partial charge in [0.05, 0.1) is 12.7 Å². The van der Waals surface area contributed by atoms with E-state index in [9.17, 15) is 9.90 Å². The van der Waals surface area contributed by atoms with Crippen molar-refractivity contribution in [2.24, 2.45) is 5.92 Å². The quantitative estimate of drug-likeness (QED) is 0.888. The van der Waals surface area contributed by atoms with Gasteiger partial charge in [-0.2, -0.15) is 0 Å². The van der Waals surface area contributed by atoms with Crippen molar-refractivity contribution in [1.29, 1.82) is 0 Å². The van der Waals surface area contributed by atoms with Gasteiger partial charge < -0.3 is 15.2 Å². The molecule has 0 aromatic heterocycles. The van der Waals surface area contributed by atoms with Crippen molar-refractivity contribution in [2.45, 2.75) is 38.2 Å². The zero-order chi connectivity index (χ0) is 14.6. The average molecular weight is 277 g/mol. The van der Waals surface area contributed by atoms with Crippen molar-refractivity contribution in [1.82, 2.24) is 5.32 Å². The number of rotatable bonds is 4. The molecule has 2 N–H and O–H groups in total. The Labute approximate surface area is 120 Å². The normalized spacial score (nSPS) is 26.1. The average Bonchev–Trinajstić information content (AvgIpc) is 2.48. The predicted molar refractivity (Wildman–Crippen MR) is 77.9 cm³/mol. The zero-order valence-electron chi connectivity index (χ0n) is 12.2. The molecule has 1 aromatic carbocycles. The van der Waals surface area contributed by atoms with E-state index >= 15 is 0 Å². The molecule has 0 spiro atoms. The fourth-order valence-corrected chi connectivity index (χ4v) is 2.59. The molecule has 1 aliphatic rings. The van der Waals surface area contributed by atoms with Gasteiger partial charge in [-0.1, -0.05) is 13.0 Å². The van der Waals surface area contributed by atoms with E-state index in [1.54, 1.807) is 31.4 Å². The summed E-state index contributed by atoms with van der Waals surface area (Å²) >= 11 is 0. The molecule has 1 aliphatic carbocycles. The minimum absolute atomic E-state index is 0.170. The van der Waals surface area contributed by atoms with Gasteiger partial charge in [0.15, 0.2) is 0 Å². The van der Waals surface area contributed by atoms with Crippen LogP contribution in [0.25, 0.3) is 0 Å². The molecule has 1 aromatic rings. The molecule has 0 aliphatic heterocycles. The summed E-state index contributed by atoms with van der Waals surface area (Å²) < 4.78 is 5.10. The number of carbonyl (C=O) groups excluding carboxylic acids is 1. The van der Waals surface area contributed by atoms with Crippen molar-refractivity contribution in [2.75, 3.05) is 13.7 Å². The van der Waals surface area contributed by atoms with E-state index in [2.05, 4.69) is 12.2 Å². The molecule has 4 nitrogen and oxygen atoms in total. The summed E-state index contributed by atoms with van der Waals surface area (Å²) in [5.41, 5.74) is -0.196. The van der Waals surface area contributed by atoms with Gasteiger partial charge in [-0.15, -0.1) is 0 Å². The van der Waals surface area contributed by atoms with Gasteiger partial charge in [-0.25, -0.2) is 0 Å². The molecule has 110 valence electrons. The molecule has 2 rings (SSSR count). The van der Waals surface area contributed by atoms with Crippen LogP contribution in [0.15, 0.2) is 24.3 Å². The van der Waals surface area contributed by atoms with Gasteiger partial charge in [0.25, 0.3) is 5.91 Å². The Balaban J connectivity index is 1.91. The SMILES string of the molecule is COc1cccc(C(=O)NCC2(O)CCC(C)CC2)c1. The van der Waals surface area contributed by atoms with Gasteiger partial charge in [0, 0.05) is 12.1 Å². The van der Waals surface area contributed by atoms with E-state index in [1.807, 2.05) is 0 Å².